The minimum absolute atomic E-state index is 0.0604. The molecule has 0 aromatic rings. The Kier molecular flexibility index (Phi) is 12.4. The Labute approximate surface area is 257 Å². The third kappa shape index (κ3) is 8.44. The third-order valence-corrected chi connectivity index (χ3v) is 9.08. The van der Waals surface area contributed by atoms with Gasteiger partial charge in [0.15, 0.2) is 6.29 Å². The maximum atomic E-state index is 12.6. The molecule has 4 aliphatic rings. The molecular formula is C28H52N6O10. The van der Waals surface area contributed by atoms with Gasteiger partial charge in [0, 0.05) is 12.6 Å². The van der Waals surface area contributed by atoms with E-state index in [0.29, 0.717) is 24.6 Å². The molecule has 2 saturated carbocycles. The normalized spacial score (nSPS) is 43.6. The molecule has 2 aliphatic carbocycles. The fourth-order valence-electron chi connectivity index (χ4n) is 6.54. The molecule has 1 amide bonds. The molecule has 16 heteroatoms. The van der Waals surface area contributed by atoms with Gasteiger partial charge in [-0.2, -0.15) is 0 Å². The summed E-state index contributed by atoms with van der Waals surface area (Å²) in [6, 6.07) is -3.11. The van der Waals surface area contributed by atoms with Crippen LogP contribution in [0, 0.1) is 5.92 Å². The first kappa shape index (κ1) is 35.3. The van der Waals surface area contributed by atoms with E-state index in [1.807, 2.05) is 6.08 Å². The van der Waals surface area contributed by atoms with Crippen LogP contribution >= 0.6 is 0 Å². The molecule has 0 spiro atoms. The smallest absolute Gasteiger partial charge is 0.250 e. The summed E-state index contributed by atoms with van der Waals surface area (Å²) in [5.74, 6) is 0.251. The summed E-state index contributed by atoms with van der Waals surface area (Å²) in [7, 11) is 1.57. The highest BCUT2D eigenvalue weighted by Crippen LogP contribution is 2.32. The van der Waals surface area contributed by atoms with Gasteiger partial charge >= 0.3 is 0 Å². The maximum absolute atomic E-state index is 12.6. The lowest BCUT2D eigenvalue weighted by atomic mass is 9.83. The summed E-state index contributed by atoms with van der Waals surface area (Å²) < 4.78 is 24.0. The van der Waals surface area contributed by atoms with Crippen LogP contribution in [0.2, 0.25) is 0 Å². The zero-order chi connectivity index (χ0) is 32.2. The first-order valence-electron chi connectivity index (χ1n) is 15.5. The van der Waals surface area contributed by atoms with E-state index in [-0.39, 0.29) is 25.7 Å². The maximum Gasteiger partial charge on any atom is 0.250 e. The molecule has 1 saturated heterocycles. The second-order valence-electron chi connectivity index (χ2n) is 12.8. The predicted octanol–water partition coefficient (Wildman–Crippen LogP) is -4.58. The summed E-state index contributed by atoms with van der Waals surface area (Å²) in [6.45, 7) is 2.19. The summed E-state index contributed by atoms with van der Waals surface area (Å²) in [5.41, 5.74) is 16.8. The first-order chi connectivity index (χ1) is 20.8. The van der Waals surface area contributed by atoms with Crippen molar-refractivity contribution in [3.05, 3.63) is 11.8 Å². The molecule has 4 rings (SSSR count). The van der Waals surface area contributed by atoms with Crippen LogP contribution in [0.3, 0.4) is 0 Å². The van der Waals surface area contributed by atoms with Gasteiger partial charge < -0.3 is 77.6 Å². The fourth-order valence-corrected chi connectivity index (χ4v) is 6.54. The molecule has 0 unspecified atom stereocenters. The molecule has 3 fully saturated rings. The number of amides is 1. The Hall–Kier alpha value is -1.51. The second kappa shape index (κ2) is 15.4. The van der Waals surface area contributed by atoms with Crippen molar-refractivity contribution in [1.29, 1.82) is 0 Å². The van der Waals surface area contributed by atoms with Gasteiger partial charge in [0.2, 0.25) is 12.2 Å². The highest BCUT2D eigenvalue weighted by atomic mass is 16.7. The van der Waals surface area contributed by atoms with Crippen LogP contribution < -0.4 is 33.2 Å². The second-order valence-corrected chi connectivity index (χ2v) is 12.8. The van der Waals surface area contributed by atoms with E-state index < -0.39 is 78.8 Å². The van der Waals surface area contributed by atoms with Crippen molar-refractivity contribution in [1.82, 2.24) is 16.0 Å². The van der Waals surface area contributed by atoms with E-state index in [9.17, 15) is 30.3 Å². The summed E-state index contributed by atoms with van der Waals surface area (Å²) in [5, 5.41) is 61.8. The van der Waals surface area contributed by atoms with Crippen molar-refractivity contribution in [2.75, 3.05) is 33.3 Å². The lowest BCUT2D eigenvalue weighted by Crippen LogP contribution is -2.69. The quantitative estimate of drug-likeness (QED) is 0.0966. The van der Waals surface area contributed by atoms with Gasteiger partial charge in [0.25, 0.3) is 0 Å². The van der Waals surface area contributed by atoms with Crippen LogP contribution in [-0.4, -0.2) is 144 Å². The number of aliphatic hydroxyl groups is 5. The standard InChI is InChI=1S/C28H52N6O10/c1-28(40)12-41-27(21(38)24(28)32-2)44-23-18(34-25(39)19(36)9-29)8-17(31)22(20(23)37)43-26-16(30)6-5-15(42-26)11-33-10-13-3-4-14(35)7-13/h5,13-14,16-24,26-27,32-33,35-38,40H,3-4,6-12,29-31H2,1-2H3,(H,34,39)/t13-,14-,16-,17+,18-,19+,20+,21-,22-,23+,24-,26-,27-,28+/m1/s1. The monoisotopic (exact) mass is 632 g/mol. The molecular weight excluding hydrogens is 580 g/mol. The van der Waals surface area contributed by atoms with Crippen LogP contribution in [0.15, 0.2) is 11.8 Å². The van der Waals surface area contributed by atoms with Crippen molar-refractivity contribution in [2.24, 2.45) is 23.1 Å². The van der Waals surface area contributed by atoms with Gasteiger partial charge in [-0.1, -0.05) is 0 Å². The largest absolute Gasteiger partial charge is 0.467 e. The Morgan fingerprint density at radius 2 is 1.84 bits per heavy atom. The molecule has 14 N–H and O–H groups in total. The number of likely N-dealkylation sites (N-methyl/N-ethyl adjacent to an activating group) is 1. The van der Waals surface area contributed by atoms with Crippen molar-refractivity contribution >= 4 is 5.91 Å². The summed E-state index contributed by atoms with van der Waals surface area (Å²) >= 11 is 0. The predicted molar refractivity (Wildman–Crippen MR) is 156 cm³/mol. The minimum atomic E-state index is -1.50. The van der Waals surface area contributed by atoms with Gasteiger partial charge in [-0.3, -0.25) is 4.79 Å². The molecule has 0 radical (unpaired) electrons. The van der Waals surface area contributed by atoms with Crippen molar-refractivity contribution in [2.45, 2.75) is 118 Å². The highest BCUT2D eigenvalue weighted by molar-refractivity contribution is 5.81. The summed E-state index contributed by atoms with van der Waals surface area (Å²) in [6.07, 6.45) is -4.09. The zero-order valence-electron chi connectivity index (χ0n) is 25.5. The molecule has 0 aromatic carbocycles. The van der Waals surface area contributed by atoms with Gasteiger partial charge in [0.05, 0.1) is 37.4 Å². The number of carbonyl (C=O) groups excluding carboxylic acids is 1. The molecule has 14 atom stereocenters. The van der Waals surface area contributed by atoms with Crippen molar-refractivity contribution < 1.29 is 49.3 Å². The molecule has 2 aliphatic heterocycles. The van der Waals surface area contributed by atoms with E-state index >= 15 is 0 Å². The number of carbonyl (C=O) groups is 1. The zero-order valence-corrected chi connectivity index (χ0v) is 25.5. The number of hydrogen-bond donors (Lipinski definition) is 11. The van der Waals surface area contributed by atoms with E-state index in [1.165, 1.54) is 6.92 Å². The fraction of sp³-hybridized carbons (Fsp3) is 0.893. The Morgan fingerprint density at radius 1 is 1.11 bits per heavy atom. The number of nitrogens with one attached hydrogen (secondary N) is 3. The van der Waals surface area contributed by atoms with E-state index in [0.717, 1.165) is 25.8 Å². The van der Waals surface area contributed by atoms with Gasteiger partial charge in [-0.15, -0.1) is 0 Å². The van der Waals surface area contributed by atoms with Gasteiger partial charge in [-0.25, -0.2) is 0 Å². The Bertz CT molecular complexity index is 977. The van der Waals surface area contributed by atoms with Crippen molar-refractivity contribution in [3.8, 4) is 0 Å². The van der Waals surface area contributed by atoms with Crippen LogP contribution in [0.5, 0.6) is 0 Å². The van der Waals surface area contributed by atoms with Crippen LogP contribution in [-0.2, 0) is 23.7 Å². The van der Waals surface area contributed by atoms with Gasteiger partial charge in [0.1, 0.15) is 41.9 Å². The summed E-state index contributed by atoms with van der Waals surface area (Å²) in [4.78, 5) is 12.6. The van der Waals surface area contributed by atoms with E-state index in [4.69, 9.17) is 36.1 Å². The van der Waals surface area contributed by atoms with E-state index in [1.54, 1.807) is 7.05 Å². The number of aliphatic hydroxyl groups excluding tert-OH is 4. The topological polar surface area (TPSA) is 269 Å². The van der Waals surface area contributed by atoms with E-state index in [2.05, 4.69) is 16.0 Å². The first-order valence-corrected chi connectivity index (χ1v) is 15.5. The molecule has 254 valence electrons. The molecule has 2 heterocycles. The lowest BCUT2D eigenvalue weighted by Gasteiger charge is -2.48. The van der Waals surface area contributed by atoms with Crippen LogP contribution in [0.1, 0.15) is 39.0 Å². The Balaban J connectivity index is 1.44. The molecule has 44 heavy (non-hydrogen) atoms. The molecule has 0 bridgehead atoms. The lowest BCUT2D eigenvalue weighted by molar-refractivity contribution is -0.304. The number of rotatable bonds is 12. The Morgan fingerprint density at radius 3 is 2.50 bits per heavy atom. The molecule has 16 nitrogen and oxygen atoms in total. The minimum Gasteiger partial charge on any atom is -0.467 e. The highest BCUT2D eigenvalue weighted by Gasteiger charge is 2.52. The SMILES string of the molecule is CN[C@@H]1[C@@H](O)[C@@H](O[C@@H]2[C@@H](O)[C@H](O[C@H]3OC(CNC[C@@H]4CC[C@@H](O)C4)=CC[C@H]3N)[C@@H](N)C[C@H]2NC(=O)[C@@H](O)CN)OC[C@]1(C)O. The molecule has 0 aromatic heterocycles. The van der Waals surface area contributed by atoms with Crippen LogP contribution in [0.25, 0.3) is 0 Å². The third-order valence-electron chi connectivity index (χ3n) is 9.08. The number of hydrogen-bond acceptors (Lipinski definition) is 15. The van der Waals surface area contributed by atoms with Gasteiger partial charge in [-0.05, 0) is 64.6 Å². The average molecular weight is 633 g/mol. The van der Waals surface area contributed by atoms with Crippen LogP contribution in [0.4, 0.5) is 0 Å². The van der Waals surface area contributed by atoms with Crippen molar-refractivity contribution in [3.63, 3.8) is 0 Å². The number of nitrogens with two attached hydrogens (primary N) is 3. The average Bonchev–Trinajstić information content (AvgIpc) is 3.39. The number of ether oxygens (including phenoxy) is 4.